The van der Waals surface area contributed by atoms with E-state index in [1.54, 1.807) is 0 Å². The summed E-state index contributed by atoms with van der Waals surface area (Å²) in [5.41, 5.74) is 4.38. The third-order valence-electron chi connectivity index (χ3n) is 4.15. The van der Waals surface area contributed by atoms with Gasteiger partial charge in [0.2, 0.25) is 0 Å². The molecule has 0 N–H and O–H groups in total. The Bertz CT molecular complexity index is 776. The largest absolute Gasteiger partial charge is 1.00 e. The van der Waals surface area contributed by atoms with Crippen LogP contribution in [-0.2, 0) is 0 Å². The molecule has 0 spiro atoms. The van der Waals surface area contributed by atoms with E-state index in [0.29, 0.717) is 5.56 Å². The summed E-state index contributed by atoms with van der Waals surface area (Å²) in [6.07, 6.45) is 2.69. The van der Waals surface area contributed by atoms with Crippen LogP contribution in [0.4, 0.5) is 5.69 Å². The van der Waals surface area contributed by atoms with E-state index in [9.17, 15) is 0 Å². The number of rotatable bonds is 3. The molecule has 1 heterocycles. The third-order valence-corrected chi connectivity index (χ3v) is 4.15. The van der Waals surface area contributed by atoms with Crippen molar-refractivity contribution in [3.8, 4) is 6.07 Å². The van der Waals surface area contributed by atoms with Crippen LogP contribution in [-0.4, -0.2) is 19.4 Å². The van der Waals surface area contributed by atoms with Gasteiger partial charge in [0.1, 0.15) is 0 Å². The van der Waals surface area contributed by atoms with Crippen molar-refractivity contribution in [3.63, 3.8) is 0 Å². The van der Waals surface area contributed by atoms with Crippen LogP contribution in [0, 0.1) is 11.3 Å². The number of nitrogens with zero attached hydrogens (tertiary/aromatic N) is 2. The molecule has 1 aliphatic rings. The number of fused-ring (bicyclic) bond motifs is 1. The molecule has 0 aromatic heterocycles. The smallest absolute Gasteiger partial charge is 0.441 e. The van der Waals surface area contributed by atoms with Crippen molar-refractivity contribution >= 4 is 30.2 Å². The van der Waals surface area contributed by atoms with E-state index < -0.39 is 6.15 Å². The monoisotopic (exact) mass is 338 g/mol. The second kappa shape index (κ2) is 8.08. The minimum atomic E-state index is -0.476. The molecule has 0 saturated heterocycles. The van der Waals surface area contributed by atoms with Crippen molar-refractivity contribution in [2.45, 2.75) is 20.5 Å². The Morgan fingerprint density at radius 1 is 1.08 bits per heavy atom. The summed E-state index contributed by atoms with van der Waals surface area (Å²) >= 11 is 0. The fraction of sp³-hybridized carbons (Fsp3) is 0.211. The van der Waals surface area contributed by atoms with Gasteiger partial charge in [0.25, 0.3) is 0 Å². The zero-order valence-corrected chi connectivity index (χ0v) is 18.2. The van der Waals surface area contributed by atoms with E-state index in [4.69, 9.17) is 5.26 Å². The van der Waals surface area contributed by atoms with Crippen LogP contribution in [0.25, 0.3) is 6.08 Å². The van der Waals surface area contributed by atoms with Gasteiger partial charge in [-0.3, -0.25) is 0 Å². The summed E-state index contributed by atoms with van der Waals surface area (Å²) in [7, 11) is 0. The maximum Gasteiger partial charge on any atom is 1.00 e. The molecule has 5 heteroatoms. The van der Waals surface area contributed by atoms with Gasteiger partial charge in [0.05, 0.1) is 11.6 Å². The maximum absolute atomic E-state index is 9.14. The Balaban J connectivity index is 0.00000208. The van der Waals surface area contributed by atoms with Crippen molar-refractivity contribution in [3.05, 3.63) is 65.6 Å². The summed E-state index contributed by atoms with van der Waals surface area (Å²) < 4.78 is 0. The van der Waals surface area contributed by atoms with E-state index in [1.807, 2.05) is 12.1 Å². The molecule has 0 aliphatic carbocycles. The minimum absolute atomic E-state index is 0. The van der Waals surface area contributed by atoms with Crippen LogP contribution >= 0.6 is 0 Å². The average Bonchev–Trinajstić information content (AvgIpc) is 2.54. The predicted molar refractivity (Wildman–Crippen MR) is 103 cm³/mol. The normalized spacial score (nSPS) is 13.1. The van der Waals surface area contributed by atoms with E-state index in [2.05, 4.69) is 79.8 Å². The standard InChI is InChI=1S/C19H21B2N2.K/c1-21(2,3)15-23-19-10-9-16(14-22)13-17(19)11-12-20(23)18-7-5-4-6-8-18;/h4-13H,15H2,1-3H3;/q-1;+1. The Kier molecular flexibility index (Phi) is 6.58. The van der Waals surface area contributed by atoms with E-state index in [1.165, 1.54) is 11.2 Å². The van der Waals surface area contributed by atoms with Gasteiger partial charge in [-0.05, 0) is 23.8 Å². The summed E-state index contributed by atoms with van der Waals surface area (Å²) in [4.78, 5) is 2.48. The number of nitriles is 1. The Labute approximate surface area is 188 Å². The van der Waals surface area contributed by atoms with Gasteiger partial charge in [-0.1, -0.05) is 47.8 Å². The molecule has 2 aromatic carbocycles. The molecule has 2 aromatic rings. The molecule has 0 bridgehead atoms. The van der Waals surface area contributed by atoms with Gasteiger partial charge in [-0.25, -0.2) is 0 Å². The quantitative estimate of drug-likeness (QED) is 0.771. The third kappa shape index (κ3) is 4.44. The zero-order chi connectivity index (χ0) is 16.4. The summed E-state index contributed by atoms with van der Waals surface area (Å²) in [6, 6.07) is 18.8. The molecular formula is C19H21B2KN2. The molecule has 114 valence electrons. The molecule has 24 heavy (non-hydrogen) atoms. The van der Waals surface area contributed by atoms with E-state index >= 15 is 0 Å². The number of hydrogen-bond donors (Lipinski definition) is 0. The maximum atomic E-state index is 9.14. The summed E-state index contributed by atoms with van der Waals surface area (Å²) in [5, 5.41) is 9.14. The second-order valence-corrected chi connectivity index (χ2v) is 7.71. The van der Waals surface area contributed by atoms with Gasteiger partial charge in [-0.2, -0.15) is 25.7 Å². The Morgan fingerprint density at radius 3 is 2.42 bits per heavy atom. The molecule has 3 rings (SSSR count). The Morgan fingerprint density at radius 2 is 1.79 bits per heavy atom. The predicted octanol–water partition coefficient (Wildman–Crippen LogP) is 0.711. The fourth-order valence-corrected chi connectivity index (χ4v) is 3.21. The van der Waals surface area contributed by atoms with Crippen LogP contribution in [0.15, 0.2) is 54.5 Å². The van der Waals surface area contributed by atoms with Gasteiger partial charge in [-0.15, -0.1) is 6.44 Å². The van der Waals surface area contributed by atoms with Crippen molar-refractivity contribution in [2.75, 3.05) is 11.3 Å². The minimum Gasteiger partial charge on any atom is -0.441 e. The molecular weight excluding hydrogens is 317 g/mol. The van der Waals surface area contributed by atoms with Crippen LogP contribution in [0.3, 0.4) is 0 Å². The topological polar surface area (TPSA) is 27.0 Å². The molecule has 0 unspecified atom stereocenters. The summed E-state index contributed by atoms with van der Waals surface area (Å²) in [6.45, 7) is 7.22. The van der Waals surface area contributed by atoms with Crippen LogP contribution in [0.1, 0.15) is 11.1 Å². The molecule has 0 amide bonds. The van der Waals surface area contributed by atoms with Gasteiger partial charge in [0.15, 0.2) is 0 Å². The van der Waals surface area contributed by atoms with Gasteiger partial charge < -0.3 is 4.81 Å². The Hall–Kier alpha value is -0.764. The first-order valence-corrected chi connectivity index (χ1v) is 8.30. The first-order valence-electron chi connectivity index (χ1n) is 8.30. The molecule has 0 fully saturated rings. The fourth-order valence-electron chi connectivity index (χ4n) is 3.21. The first kappa shape index (κ1) is 19.6. The second-order valence-electron chi connectivity index (χ2n) is 7.71. The van der Waals surface area contributed by atoms with E-state index in [-0.39, 0.29) is 58.2 Å². The number of benzene rings is 2. The average molecular weight is 338 g/mol. The molecule has 0 saturated carbocycles. The summed E-state index contributed by atoms with van der Waals surface area (Å²) in [5.74, 6) is 2.25. The van der Waals surface area contributed by atoms with E-state index in [0.717, 1.165) is 12.0 Å². The SMILES string of the molecule is C[B-](C)(C)CN1B(c2ccccc2)C=Cc2cc(C#N)ccc21.[K+]. The van der Waals surface area contributed by atoms with Crippen molar-refractivity contribution < 1.29 is 51.4 Å². The van der Waals surface area contributed by atoms with Crippen molar-refractivity contribution in [1.29, 1.82) is 5.26 Å². The van der Waals surface area contributed by atoms with Crippen LogP contribution in [0.2, 0.25) is 20.5 Å². The van der Waals surface area contributed by atoms with Crippen molar-refractivity contribution in [1.82, 2.24) is 0 Å². The zero-order valence-electron chi connectivity index (χ0n) is 15.0. The van der Waals surface area contributed by atoms with Crippen molar-refractivity contribution in [2.24, 2.45) is 0 Å². The van der Waals surface area contributed by atoms with Crippen LogP contribution in [0.5, 0.6) is 0 Å². The molecule has 1 aliphatic heterocycles. The number of hydrogen-bond acceptors (Lipinski definition) is 2. The number of anilines is 1. The van der Waals surface area contributed by atoms with Gasteiger partial charge in [0, 0.05) is 11.8 Å². The molecule has 0 radical (unpaired) electrons. The van der Waals surface area contributed by atoms with Gasteiger partial charge >= 0.3 is 58.2 Å². The van der Waals surface area contributed by atoms with Crippen LogP contribution < -0.4 is 61.7 Å². The molecule has 0 atom stereocenters. The first-order chi connectivity index (χ1) is 11.0. The molecule has 2 nitrogen and oxygen atoms in total.